The van der Waals surface area contributed by atoms with Gasteiger partial charge in [0.25, 0.3) is 17.7 Å². The highest BCUT2D eigenvalue weighted by Gasteiger charge is 2.26. The first kappa shape index (κ1) is 26.6. The number of anilines is 2. The number of hydrogen-bond acceptors (Lipinski definition) is 5. The number of benzene rings is 3. The Hall–Kier alpha value is -3.95. The molecule has 0 radical (unpaired) electrons. The van der Waals surface area contributed by atoms with E-state index in [1.165, 1.54) is 24.3 Å². The summed E-state index contributed by atoms with van der Waals surface area (Å²) < 4.78 is 13.8. The van der Waals surface area contributed by atoms with Crippen LogP contribution in [0.3, 0.4) is 0 Å². The van der Waals surface area contributed by atoms with Gasteiger partial charge in [-0.05, 0) is 54.6 Å². The van der Waals surface area contributed by atoms with Crippen molar-refractivity contribution in [3.05, 3.63) is 94.3 Å². The van der Waals surface area contributed by atoms with Crippen LogP contribution < -0.4 is 15.5 Å². The normalized spacial score (nSPS) is 15.7. The van der Waals surface area contributed by atoms with Gasteiger partial charge in [0.2, 0.25) is 0 Å². The molecule has 3 aromatic rings. The second kappa shape index (κ2) is 11.8. The molecular formula is C29H29ClFN5O3. The molecule has 2 aliphatic heterocycles. The summed E-state index contributed by atoms with van der Waals surface area (Å²) in [5.74, 6) is -1.18. The molecule has 2 heterocycles. The molecule has 3 amide bonds. The Bertz CT molecular complexity index is 1390. The second-order valence-corrected chi connectivity index (χ2v) is 9.96. The molecule has 0 aromatic heterocycles. The van der Waals surface area contributed by atoms with E-state index in [1.807, 2.05) is 6.07 Å². The van der Waals surface area contributed by atoms with Gasteiger partial charge in [-0.1, -0.05) is 23.7 Å². The molecule has 39 heavy (non-hydrogen) atoms. The van der Waals surface area contributed by atoms with Crippen molar-refractivity contribution in [2.24, 2.45) is 0 Å². The minimum Gasteiger partial charge on any atom is -0.366 e. The molecule has 10 heteroatoms. The van der Waals surface area contributed by atoms with E-state index < -0.39 is 11.7 Å². The number of piperazine rings is 2. The van der Waals surface area contributed by atoms with Crippen LogP contribution in [-0.2, 0) is 0 Å². The van der Waals surface area contributed by atoms with E-state index in [1.54, 1.807) is 46.2 Å². The van der Waals surface area contributed by atoms with Gasteiger partial charge in [0, 0.05) is 74.1 Å². The monoisotopic (exact) mass is 549 g/mol. The molecule has 5 rings (SSSR count). The molecule has 2 fully saturated rings. The van der Waals surface area contributed by atoms with Crippen molar-refractivity contribution in [3.63, 3.8) is 0 Å². The first-order chi connectivity index (χ1) is 18.9. The summed E-state index contributed by atoms with van der Waals surface area (Å²) in [5.41, 5.74) is 2.36. The van der Waals surface area contributed by atoms with Crippen molar-refractivity contribution in [1.82, 2.24) is 15.1 Å². The summed E-state index contributed by atoms with van der Waals surface area (Å²) in [6.45, 7) is 4.67. The molecule has 0 atom stereocenters. The molecule has 2 N–H and O–H groups in total. The lowest BCUT2D eigenvalue weighted by molar-refractivity contribution is 0.0731. The van der Waals surface area contributed by atoms with Crippen LogP contribution >= 0.6 is 11.6 Å². The zero-order valence-electron chi connectivity index (χ0n) is 21.3. The largest absolute Gasteiger partial charge is 0.366 e. The second-order valence-electron chi connectivity index (χ2n) is 9.53. The van der Waals surface area contributed by atoms with E-state index in [4.69, 9.17) is 11.6 Å². The van der Waals surface area contributed by atoms with Crippen LogP contribution in [0, 0.1) is 5.82 Å². The van der Waals surface area contributed by atoms with Gasteiger partial charge < -0.3 is 25.3 Å². The maximum atomic E-state index is 13.8. The van der Waals surface area contributed by atoms with Gasteiger partial charge >= 0.3 is 0 Å². The van der Waals surface area contributed by atoms with Crippen LogP contribution in [0.2, 0.25) is 5.02 Å². The topological polar surface area (TPSA) is 85.0 Å². The standard InChI is InChI=1S/C29H29ClFN5O3/c30-23-5-1-4-21(17-23)28(38)36-15-13-34(14-16-36)26-8-7-22(29(39)35-11-9-32-10-12-35)19-25(26)33-27(37)20-3-2-6-24(31)18-20/h1-8,17-19,32H,9-16H2,(H,33,37). The average Bonchev–Trinajstić information content (AvgIpc) is 2.97. The number of carbonyl (C=O) groups is 3. The number of hydrogen-bond donors (Lipinski definition) is 2. The third kappa shape index (κ3) is 6.21. The first-order valence-corrected chi connectivity index (χ1v) is 13.3. The lowest BCUT2D eigenvalue weighted by Crippen LogP contribution is -2.49. The molecule has 0 saturated carbocycles. The van der Waals surface area contributed by atoms with Gasteiger partial charge in [-0.25, -0.2) is 4.39 Å². The molecule has 3 aromatic carbocycles. The van der Waals surface area contributed by atoms with Crippen LogP contribution in [0.5, 0.6) is 0 Å². The zero-order valence-corrected chi connectivity index (χ0v) is 22.1. The Morgan fingerprint density at radius 3 is 2.08 bits per heavy atom. The minimum absolute atomic E-state index is 0.0891. The van der Waals surface area contributed by atoms with Crippen LogP contribution in [0.15, 0.2) is 66.7 Å². The Morgan fingerprint density at radius 1 is 0.744 bits per heavy atom. The SMILES string of the molecule is O=C(Nc1cc(C(=O)N2CCNCC2)ccc1N1CCN(C(=O)c2cccc(Cl)c2)CC1)c1cccc(F)c1. The lowest BCUT2D eigenvalue weighted by Gasteiger charge is -2.37. The lowest BCUT2D eigenvalue weighted by atomic mass is 10.1. The molecule has 2 saturated heterocycles. The average molecular weight is 550 g/mol. The highest BCUT2D eigenvalue weighted by molar-refractivity contribution is 6.31. The Morgan fingerprint density at radius 2 is 1.38 bits per heavy atom. The highest BCUT2D eigenvalue weighted by atomic mass is 35.5. The summed E-state index contributed by atoms with van der Waals surface area (Å²) in [6, 6.07) is 17.6. The van der Waals surface area contributed by atoms with Crippen LogP contribution in [0.1, 0.15) is 31.1 Å². The van der Waals surface area contributed by atoms with E-state index >= 15 is 0 Å². The summed E-state index contributed by atoms with van der Waals surface area (Å²) in [5, 5.41) is 6.63. The number of nitrogens with zero attached hydrogens (tertiary/aromatic N) is 3. The predicted octanol–water partition coefficient (Wildman–Crippen LogP) is 3.74. The van der Waals surface area contributed by atoms with Crippen LogP contribution in [0.4, 0.5) is 15.8 Å². The maximum absolute atomic E-state index is 13.8. The number of rotatable bonds is 5. The fraction of sp³-hybridized carbons (Fsp3) is 0.276. The van der Waals surface area contributed by atoms with Crippen molar-refractivity contribution in [2.75, 3.05) is 62.6 Å². The van der Waals surface area contributed by atoms with E-state index in [2.05, 4.69) is 15.5 Å². The third-order valence-corrected chi connectivity index (χ3v) is 7.20. The number of nitrogens with one attached hydrogen (secondary N) is 2. The van der Waals surface area contributed by atoms with Crippen LogP contribution in [-0.4, -0.2) is 79.9 Å². The minimum atomic E-state index is -0.508. The quantitative estimate of drug-likeness (QED) is 0.506. The van der Waals surface area contributed by atoms with Gasteiger partial charge in [-0.3, -0.25) is 14.4 Å². The molecule has 8 nitrogen and oxygen atoms in total. The van der Waals surface area contributed by atoms with Gasteiger partial charge in [-0.2, -0.15) is 0 Å². The molecule has 202 valence electrons. The van der Waals surface area contributed by atoms with E-state index in [9.17, 15) is 18.8 Å². The van der Waals surface area contributed by atoms with Crippen LogP contribution in [0.25, 0.3) is 0 Å². The molecule has 2 aliphatic rings. The van der Waals surface area contributed by atoms with Crippen molar-refractivity contribution >= 4 is 40.7 Å². The van der Waals surface area contributed by atoms with Gasteiger partial charge in [-0.15, -0.1) is 0 Å². The predicted molar refractivity (Wildman–Crippen MR) is 149 cm³/mol. The van der Waals surface area contributed by atoms with E-state index in [0.717, 1.165) is 18.8 Å². The molecular weight excluding hydrogens is 521 g/mol. The van der Waals surface area contributed by atoms with Gasteiger partial charge in [0.15, 0.2) is 0 Å². The van der Waals surface area contributed by atoms with E-state index in [0.29, 0.717) is 61.1 Å². The summed E-state index contributed by atoms with van der Waals surface area (Å²) in [7, 11) is 0. The summed E-state index contributed by atoms with van der Waals surface area (Å²) in [4.78, 5) is 44.8. The zero-order chi connectivity index (χ0) is 27.4. The fourth-order valence-corrected chi connectivity index (χ4v) is 5.06. The van der Waals surface area contributed by atoms with Gasteiger partial charge in [0.1, 0.15) is 5.82 Å². The molecule has 0 unspecified atom stereocenters. The fourth-order valence-electron chi connectivity index (χ4n) is 4.87. The highest BCUT2D eigenvalue weighted by Crippen LogP contribution is 2.30. The Labute approximate surface area is 231 Å². The van der Waals surface area contributed by atoms with Crippen molar-refractivity contribution in [1.29, 1.82) is 0 Å². The number of halogens is 2. The number of carbonyl (C=O) groups excluding carboxylic acids is 3. The van der Waals surface area contributed by atoms with E-state index in [-0.39, 0.29) is 17.4 Å². The summed E-state index contributed by atoms with van der Waals surface area (Å²) in [6.07, 6.45) is 0. The first-order valence-electron chi connectivity index (χ1n) is 12.9. The maximum Gasteiger partial charge on any atom is 0.255 e. The Kier molecular flexibility index (Phi) is 8.09. The van der Waals surface area contributed by atoms with Crippen molar-refractivity contribution in [3.8, 4) is 0 Å². The third-order valence-electron chi connectivity index (χ3n) is 6.96. The summed E-state index contributed by atoms with van der Waals surface area (Å²) >= 11 is 6.06. The molecule has 0 spiro atoms. The van der Waals surface area contributed by atoms with Crippen molar-refractivity contribution < 1.29 is 18.8 Å². The smallest absolute Gasteiger partial charge is 0.255 e. The van der Waals surface area contributed by atoms with Gasteiger partial charge in [0.05, 0.1) is 11.4 Å². The Balaban J connectivity index is 1.37. The number of amides is 3. The molecule has 0 bridgehead atoms. The molecule has 0 aliphatic carbocycles. The van der Waals surface area contributed by atoms with Crippen molar-refractivity contribution in [2.45, 2.75) is 0 Å².